The second-order valence-corrected chi connectivity index (χ2v) is 8.33. The highest BCUT2D eigenvalue weighted by atomic mass is 32.2. The van der Waals surface area contributed by atoms with Crippen LogP contribution < -0.4 is 4.18 Å². The van der Waals surface area contributed by atoms with Crippen LogP contribution in [0.2, 0.25) is 0 Å². The minimum absolute atomic E-state index is 0.293. The smallest absolute Gasteiger partial charge is 0.306 e. The van der Waals surface area contributed by atoms with E-state index >= 15 is 0 Å². The van der Waals surface area contributed by atoms with Crippen molar-refractivity contribution in [3.05, 3.63) is 47.9 Å². The number of nitrogens with zero attached hydrogens (tertiary/aromatic N) is 3. The summed E-state index contributed by atoms with van der Waals surface area (Å²) in [6.45, 7) is 0.846. The number of halogens is 1. The van der Waals surface area contributed by atoms with Gasteiger partial charge in [-0.2, -0.15) is 13.5 Å². The van der Waals surface area contributed by atoms with Crippen molar-refractivity contribution in [2.45, 2.75) is 6.42 Å². The Morgan fingerprint density at radius 2 is 1.96 bits per heavy atom. The zero-order chi connectivity index (χ0) is 19.8. The summed E-state index contributed by atoms with van der Waals surface area (Å²) < 4.78 is 44.1. The summed E-state index contributed by atoms with van der Waals surface area (Å²) >= 11 is 0. The van der Waals surface area contributed by atoms with Crippen molar-refractivity contribution < 1.29 is 17.0 Å². The van der Waals surface area contributed by atoms with Gasteiger partial charge in [-0.1, -0.05) is 18.2 Å². The van der Waals surface area contributed by atoms with Crippen molar-refractivity contribution in [2.24, 2.45) is 7.05 Å². The number of fused-ring (bicyclic) bond motifs is 1. The van der Waals surface area contributed by atoms with Gasteiger partial charge in [-0.3, -0.25) is 4.68 Å². The lowest BCUT2D eigenvalue weighted by molar-refractivity contribution is 0.411. The summed E-state index contributed by atoms with van der Waals surface area (Å²) in [7, 11) is 2.02. The van der Waals surface area contributed by atoms with Crippen LogP contribution in [0.25, 0.3) is 22.0 Å². The van der Waals surface area contributed by atoms with Crippen LogP contribution in [-0.4, -0.2) is 50.0 Å². The molecule has 144 valence electrons. The maximum atomic E-state index is 14.3. The fraction of sp³-hybridized carbons (Fsp3) is 0.316. The molecule has 27 heavy (non-hydrogen) atoms. The largest absolute Gasteiger partial charge is 0.379 e. The number of benzene rings is 2. The zero-order valence-electron chi connectivity index (χ0n) is 15.7. The van der Waals surface area contributed by atoms with E-state index in [1.807, 2.05) is 44.0 Å². The van der Waals surface area contributed by atoms with Crippen molar-refractivity contribution in [2.75, 3.05) is 26.9 Å². The molecule has 1 heterocycles. The van der Waals surface area contributed by atoms with Gasteiger partial charge in [0.05, 0.1) is 17.5 Å². The predicted molar refractivity (Wildman–Crippen MR) is 104 cm³/mol. The Morgan fingerprint density at radius 1 is 1.22 bits per heavy atom. The van der Waals surface area contributed by atoms with Crippen LogP contribution in [0.5, 0.6) is 5.75 Å². The summed E-state index contributed by atoms with van der Waals surface area (Å²) in [5, 5.41) is 5.54. The number of likely N-dealkylation sites (N-methyl/N-ethyl adjacent to an activating group) is 1. The number of hydrogen-bond acceptors (Lipinski definition) is 5. The Hall–Kier alpha value is -2.45. The molecule has 0 amide bonds. The van der Waals surface area contributed by atoms with Gasteiger partial charge < -0.3 is 9.08 Å². The van der Waals surface area contributed by atoms with Crippen molar-refractivity contribution >= 4 is 21.0 Å². The molecular formula is C19H22FN3O3S. The number of aryl methyl sites for hydroxylation is 1. The Balaban J connectivity index is 2.13. The van der Waals surface area contributed by atoms with Crippen LogP contribution in [0.15, 0.2) is 36.4 Å². The fourth-order valence-electron chi connectivity index (χ4n) is 2.99. The van der Waals surface area contributed by atoms with Crippen molar-refractivity contribution in [3.8, 4) is 16.9 Å². The van der Waals surface area contributed by atoms with Gasteiger partial charge in [0.25, 0.3) is 0 Å². The average molecular weight is 391 g/mol. The van der Waals surface area contributed by atoms with Crippen molar-refractivity contribution in [1.29, 1.82) is 0 Å². The molecule has 3 rings (SSSR count). The molecule has 0 saturated carbocycles. The minimum atomic E-state index is -3.86. The third-order valence-electron chi connectivity index (χ3n) is 4.24. The van der Waals surface area contributed by atoms with Gasteiger partial charge >= 0.3 is 10.1 Å². The molecule has 0 atom stereocenters. The second-order valence-electron chi connectivity index (χ2n) is 6.76. The Morgan fingerprint density at radius 3 is 2.63 bits per heavy atom. The molecule has 1 aromatic heterocycles. The summed E-state index contributed by atoms with van der Waals surface area (Å²) in [6.07, 6.45) is 1.66. The fourth-order valence-corrected chi connectivity index (χ4v) is 3.46. The van der Waals surface area contributed by atoms with E-state index in [0.717, 1.165) is 35.8 Å². The van der Waals surface area contributed by atoms with Crippen LogP contribution in [-0.2, 0) is 23.6 Å². The van der Waals surface area contributed by atoms with E-state index in [2.05, 4.69) is 10.00 Å². The first-order valence-corrected chi connectivity index (χ1v) is 10.3. The first-order chi connectivity index (χ1) is 12.7. The van der Waals surface area contributed by atoms with Crippen LogP contribution in [0, 0.1) is 5.82 Å². The van der Waals surface area contributed by atoms with Crippen LogP contribution >= 0.6 is 0 Å². The third kappa shape index (κ3) is 4.28. The Kier molecular flexibility index (Phi) is 5.21. The summed E-state index contributed by atoms with van der Waals surface area (Å²) in [4.78, 5) is 2.08. The first-order valence-electron chi connectivity index (χ1n) is 8.44. The summed E-state index contributed by atoms with van der Waals surface area (Å²) in [5.41, 5.74) is 2.93. The van der Waals surface area contributed by atoms with Crippen LogP contribution in [0.3, 0.4) is 0 Å². The molecule has 6 nitrogen and oxygen atoms in total. The molecule has 0 saturated heterocycles. The molecule has 3 aromatic rings. The molecule has 0 unspecified atom stereocenters. The molecule has 0 aliphatic rings. The highest BCUT2D eigenvalue weighted by Gasteiger charge is 2.18. The van der Waals surface area contributed by atoms with Crippen molar-refractivity contribution in [3.63, 3.8) is 0 Å². The molecule has 0 bridgehead atoms. The molecule has 0 fully saturated rings. The average Bonchev–Trinajstić information content (AvgIpc) is 2.89. The van der Waals surface area contributed by atoms with E-state index in [1.165, 1.54) is 12.1 Å². The number of rotatable bonds is 6. The maximum Gasteiger partial charge on any atom is 0.306 e. The minimum Gasteiger partial charge on any atom is -0.379 e. The normalized spacial score (nSPS) is 12.1. The van der Waals surface area contributed by atoms with E-state index in [4.69, 9.17) is 4.18 Å². The van der Waals surface area contributed by atoms with E-state index in [0.29, 0.717) is 11.1 Å². The monoisotopic (exact) mass is 391 g/mol. The van der Waals surface area contributed by atoms with E-state index < -0.39 is 15.9 Å². The topological polar surface area (TPSA) is 64.4 Å². The second kappa shape index (κ2) is 7.28. The van der Waals surface area contributed by atoms with Gasteiger partial charge in [-0.25, -0.2) is 4.39 Å². The van der Waals surface area contributed by atoms with E-state index in [1.54, 1.807) is 6.07 Å². The molecule has 8 heteroatoms. The molecule has 0 spiro atoms. The summed E-state index contributed by atoms with van der Waals surface area (Å²) in [5.74, 6) is -1.02. The zero-order valence-corrected chi connectivity index (χ0v) is 16.5. The molecule has 0 aliphatic carbocycles. The lowest BCUT2D eigenvalue weighted by atomic mass is 10.0. The van der Waals surface area contributed by atoms with Gasteiger partial charge in [0.15, 0.2) is 11.6 Å². The van der Waals surface area contributed by atoms with E-state index in [-0.39, 0.29) is 5.75 Å². The van der Waals surface area contributed by atoms with E-state index in [9.17, 15) is 12.8 Å². The molecular weight excluding hydrogens is 369 g/mol. The van der Waals surface area contributed by atoms with Gasteiger partial charge in [-0.05, 0) is 37.9 Å². The Labute approximate surface area is 158 Å². The highest BCUT2D eigenvalue weighted by Crippen LogP contribution is 2.35. The Bertz CT molecular complexity index is 1090. The maximum absolute atomic E-state index is 14.3. The number of aromatic nitrogens is 2. The quantitative estimate of drug-likeness (QED) is 0.605. The summed E-state index contributed by atoms with van der Waals surface area (Å²) in [6, 6.07) is 9.95. The lowest BCUT2D eigenvalue weighted by Gasteiger charge is -2.11. The highest BCUT2D eigenvalue weighted by molar-refractivity contribution is 7.86. The third-order valence-corrected chi connectivity index (χ3v) is 4.70. The molecule has 2 aromatic carbocycles. The van der Waals surface area contributed by atoms with Gasteiger partial charge in [0.2, 0.25) is 0 Å². The molecule has 0 aliphatic heterocycles. The standard InChI is InChI=1S/C19H22FN3O3S/c1-22(2)11-10-17-15-12-13(8-9-18(15)23(3)21-17)14-6-5-7-16(20)19(14)26-27(4,24)25/h5-9,12H,10-11H2,1-4H3. The van der Waals surface area contributed by atoms with Gasteiger partial charge in [0.1, 0.15) is 0 Å². The lowest BCUT2D eigenvalue weighted by Crippen LogP contribution is -2.15. The first kappa shape index (κ1) is 19.3. The van der Waals surface area contributed by atoms with Gasteiger partial charge in [-0.15, -0.1) is 0 Å². The SMILES string of the molecule is CN(C)CCc1nn(C)c2ccc(-c3cccc(F)c3OS(C)(=O)=O)cc12. The van der Waals surface area contributed by atoms with Crippen molar-refractivity contribution in [1.82, 2.24) is 14.7 Å². The van der Waals surface area contributed by atoms with Crippen LogP contribution in [0.1, 0.15) is 5.69 Å². The molecule has 0 radical (unpaired) electrons. The number of hydrogen-bond donors (Lipinski definition) is 0. The number of para-hydroxylation sites is 1. The van der Waals surface area contributed by atoms with Crippen LogP contribution in [0.4, 0.5) is 4.39 Å². The predicted octanol–water partition coefficient (Wildman–Crippen LogP) is 2.82. The van der Waals surface area contributed by atoms with Gasteiger partial charge in [0, 0.05) is 31.0 Å². The molecule has 0 N–H and O–H groups in total.